The van der Waals surface area contributed by atoms with Gasteiger partial charge in [0.15, 0.2) is 0 Å². The van der Waals surface area contributed by atoms with Crippen molar-refractivity contribution in [1.82, 2.24) is 20.0 Å². The molecule has 1 N–H and O–H groups in total. The Balaban J connectivity index is 1.79. The Morgan fingerprint density at radius 1 is 1.25 bits per heavy atom. The number of anilines is 1. The molecule has 3 aromatic rings. The van der Waals surface area contributed by atoms with E-state index in [2.05, 4.69) is 20.6 Å². The Morgan fingerprint density at radius 2 is 1.96 bits per heavy atom. The number of aryl methyl sites for hydroxylation is 2. The Labute approximate surface area is 167 Å². The molecule has 0 spiro atoms. The molecule has 11 heteroatoms. The van der Waals surface area contributed by atoms with Gasteiger partial charge in [0, 0.05) is 16.3 Å². The molecule has 0 unspecified atom stereocenters. The molecule has 0 aliphatic rings. The van der Waals surface area contributed by atoms with Gasteiger partial charge in [0.1, 0.15) is 0 Å². The first-order valence-electron chi connectivity index (χ1n) is 8.08. The van der Waals surface area contributed by atoms with Gasteiger partial charge in [-0.25, -0.2) is 4.68 Å². The lowest BCUT2D eigenvalue weighted by Crippen LogP contribution is -2.15. The number of aromatic nitrogens is 4. The van der Waals surface area contributed by atoms with Crippen LogP contribution >= 0.6 is 22.9 Å². The molecular formula is C17H15ClF3N5OS. The lowest BCUT2D eigenvalue weighted by molar-refractivity contribution is -0.138. The summed E-state index contributed by atoms with van der Waals surface area (Å²) in [5, 5.41) is 12.5. The summed E-state index contributed by atoms with van der Waals surface area (Å²) < 4.78 is 39.4. The number of amides is 1. The van der Waals surface area contributed by atoms with Crippen molar-refractivity contribution in [2.45, 2.75) is 33.4 Å². The molecule has 28 heavy (non-hydrogen) atoms. The maximum Gasteiger partial charge on any atom is 0.445 e. The third-order valence-electron chi connectivity index (χ3n) is 4.09. The molecule has 0 saturated heterocycles. The highest BCUT2D eigenvalue weighted by Crippen LogP contribution is 2.33. The van der Waals surface area contributed by atoms with Crippen LogP contribution in [0.3, 0.4) is 0 Å². The molecule has 2 aromatic heterocycles. The fourth-order valence-electron chi connectivity index (χ4n) is 2.61. The molecule has 0 atom stereocenters. The van der Waals surface area contributed by atoms with Crippen LogP contribution in [0.15, 0.2) is 18.2 Å². The molecule has 148 valence electrons. The smallest absolute Gasteiger partial charge is 0.300 e. The molecule has 6 nitrogen and oxygen atoms in total. The van der Waals surface area contributed by atoms with Crippen molar-refractivity contribution in [3.63, 3.8) is 0 Å². The quantitative estimate of drug-likeness (QED) is 0.662. The van der Waals surface area contributed by atoms with Gasteiger partial charge in [-0.3, -0.25) is 4.79 Å². The van der Waals surface area contributed by atoms with Crippen molar-refractivity contribution in [3.8, 4) is 5.69 Å². The molecule has 0 aliphatic heterocycles. The molecule has 0 bridgehead atoms. The summed E-state index contributed by atoms with van der Waals surface area (Å²) in [4.78, 5) is 12.3. The SMILES string of the molecule is Cc1ccc(-n2nc(C)c(CC(=O)Nc3nnc(C(F)(F)F)s3)c2C)cc1Cl. The predicted molar refractivity (Wildman–Crippen MR) is 100 cm³/mol. The molecule has 1 aromatic carbocycles. The summed E-state index contributed by atoms with van der Waals surface area (Å²) in [6, 6.07) is 5.51. The van der Waals surface area contributed by atoms with Gasteiger partial charge in [0.25, 0.3) is 0 Å². The van der Waals surface area contributed by atoms with E-state index in [0.29, 0.717) is 16.3 Å². The molecule has 0 fully saturated rings. The van der Waals surface area contributed by atoms with Gasteiger partial charge in [0.05, 0.1) is 17.8 Å². The normalized spacial score (nSPS) is 11.7. The van der Waals surface area contributed by atoms with E-state index in [-0.39, 0.29) is 22.9 Å². The molecule has 1 amide bonds. The van der Waals surface area contributed by atoms with Gasteiger partial charge >= 0.3 is 6.18 Å². The summed E-state index contributed by atoms with van der Waals surface area (Å²) in [5.74, 6) is -0.502. The Kier molecular flexibility index (Phi) is 5.44. The van der Waals surface area contributed by atoms with Crippen molar-refractivity contribution in [3.05, 3.63) is 50.7 Å². The minimum atomic E-state index is -4.59. The molecule has 3 rings (SSSR count). The van der Waals surface area contributed by atoms with Crippen LogP contribution in [-0.4, -0.2) is 25.9 Å². The van der Waals surface area contributed by atoms with Crippen molar-refractivity contribution < 1.29 is 18.0 Å². The van der Waals surface area contributed by atoms with Crippen molar-refractivity contribution in [2.75, 3.05) is 5.32 Å². The molecule has 0 saturated carbocycles. The number of alkyl halides is 3. The number of carbonyl (C=O) groups is 1. The van der Waals surface area contributed by atoms with Crippen molar-refractivity contribution in [2.24, 2.45) is 0 Å². The second-order valence-corrected chi connectivity index (χ2v) is 7.51. The van der Waals surface area contributed by atoms with Gasteiger partial charge in [0.2, 0.25) is 16.0 Å². The minimum Gasteiger partial charge on any atom is -0.300 e. The average molecular weight is 430 g/mol. The number of nitrogens with one attached hydrogen (secondary N) is 1. The number of rotatable bonds is 4. The number of hydrogen-bond acceptors (Lipinski definition) is 5. The van der Waals surface area contributed by atoms with E-state index >= 15 is 0 Å². The number of hydrogen-bond donors (Lipinski definition) is 1. The first-order chi connectivity index (χ1) is 13.1. The van der Waals surface area contributed by atoms with E-state index < -0.39 is 17.1 Å². The Hall–Kier alpha value is -2.46. The number of halogens is 4. The zero-order valence-corrected chi connectivity index (χ0v) is 16.6. The standard InChI is InChI=1S/C17H15ClF3N5OS/c1-8-4-5-11(6-13(8)18)26-10(3)12(9(2)25-26)7-14(27)22-16-24-23-15(28-16)17(19,20)21/h4-6H,7H2,1-3H3,(H,22,24,27). The second kappa shape index (κ2) is 7.51. The van der Waals surface area contributed by atoms with Crippen LogP contribution in [0.5, 0.6) is 0 Å². The van der Waals surface area contributed by atoms with E-state index in [0.717, 1.165) is 16.9 Å². The molecule has 0 aliphatic carbocycles. The highest BCUT2D eigenvalue weighted by atomic mass is 35.5. The minimum absolute atomic E-state index is 0.0573. The number of nitrogens with zero attached hydrogens (tertiary/aromatic N) is 4. The van der Waals surface area contributed by atoms with Gasteiger partial charge in [-0.05, 0) is 38.5 Å². The van der Waals surface area contributed by atoms with Crippen LogP contribution in [0.2, 0.25) is 5.02 Å². The summed E-state index contributed by atoms with van der Waals surface area (Å²) in [7, 11) is 0. The third kappa shape index (κ3) is 4.17. The van der Waals surface area contributed by atoms with Crippen molar-refractivity contribution >= 4 is 34.0 Å². The second-order valence-electron chi connectivity index (χ2n) is 6.13. The molecule has 2 heterocycles. The van der Waals surface area contributed by atoms with Gasteiger partial charge in [-0.15, -0.1) is 10.2 Å². The van der Waals surface area contributed by atoms with E-state index in [1.165, 1.54) is 0 Å². The average Bonchev–Trinajstić information content (AvgIpc) is 3.17. The van der Waals surface area contributed by atoms with E-state index in [1.807, 2.05) is 26.0 Å². The maximum absolute atomic E-state index is 12.6. The van der Waals surface area contributed by atoms with Crippen LogP contribution in [0.1, 0.15) is 27.5 Å². The fourth-order valence-corrected chi connectivity index (χ4v) is 3.41. The first-order valence-corrected chi connectivity index (χ1v) is 9.28. The van der Waals surface area contributed by atoms with Gasteiger partial charge < -0.3 is 5.32 Å². The Morgan fingerprint density at radius 3 is 2.57 bits per heavy atom. The third-order valence-corrected chi connectivity index (χ3v) is 5.38. The summed E-state index contributed by atoms with van der Waals surface area (Å²) in [5.41, 5.74) is 3.73. The van der Waals surface area contributed by atoms with E-state index in [4.69, 9.17) is 11.6 Å². The topological polar surface area (TPSA) is 72.7 Å². The monoisotopic (exact) mass is 429 g/mol. The van der Waals surface area contributed by atoms with Crippen LogP contribution in [0.4, 0.5) is 18.3 Å². The predicted octanol–water partition coefficient (Wildman–Crippen LogP) is 4.50. The van der Waals surface area contributed by atoms with Crippen LogP contribution in [0.25, 0.3) is 5.69 Å². The van der Waals surface area contributed by atoms with Gasteiger partial charge in [-0.2, -0.15) is 18.3 Å². The fraction of sp³-hybridized carbons (Fsp3) is 0.294. The van der Waals surface area contributed by atoms with Crippen molar-refractivity contribution in [1.29, 1.82) is 0 Å². The molecule has 0 radical (unpaired) electrons. The van der Waals surface area contributed by atoms with Crippen LogP contribution < -0.4 is 5.32 Å². The van der Waals surface area contributed by atoms with Crippen LogP contribution in [0, 0.1) is 20.8 Å². The Bertz CT molecular complexity index is 1040. The highest BCUT2D eigenvalue weighted by Gasteiger charge is 2.35. The maximum atomic E-state index is 12.6. The molecular weight excluding hydrogens is 415 g/mol. The zero-order chi connectivity index (χ0) is 20.6. The highest BCUT2D eigenvalue weighted by molar-refractivity contribution is 7.15. The van der Waals surface area contributed by atoms with E-state index in [9.17, 15) is 18.0 Å². The van der Waals surface area contributed by atoms with Gasteiger partial charge in [-0.1, -0.05) is 29.0 Å². The summed E-state index contributed by atoms with van der Waals surface area (Å²) >= 11 is 6.45. The van der Waals surface area contributed by atoms with E-state index in [1.54, 1.807) is 17.7 Å². The zero-order valence-electron chi connectivity index (χ0n) is 15.1. The summed E-state index contributed by atoms with van der Waals surface area (Å²) in [6.45, 7) is 5.46. The lowest BCUT2D eigenvalue weighted by atomic mass is 10.1. The largest absolute Gasteiger partial charge is 0.445 e. The van der Waals surface area contributed by atoms with Crippen LogP contribution in [-0.2, 0) is 17.4 Å². The summed E-state index contributed by atoms with van der Waals surface area (Å²) in [6.07, 6.45) is -4.65. The number of carbonyl (C=O) groups excluding carboxylic acids is 1. The first kappa shape index (κ1) is 20.3. The number of benzene rings is 1. The lowest BCUT2D eigenvalue weighted by Gasteiger charge is -2.07.